The van der Waals surface area contributed by atoms with Crippen LogP contribution in [-0.2, 0) is 4.74 Å². The van der Waals surface area contributed by atoms with Gasteiger partial charge in [0.1, 0.15) is 0 Å². The van der Waals surface area contributed by atoms with Crippen molar-refractivity contribution in [2.75, 3.05) is 38.2 Å². The molecule has 1 aromatic rings. The molecule has 0 saturated carbocycles. The molecule has 1 fully saturated rings. The Morgan fingerprint density at radius 1 is 1.44 bits per heavy atom. The van der Waals surface area contributed by atoms with Crippen molar-refractivity contribution in [3.8, 4) is 0 Å². The number of ether oxygens (including phenoxy) is 1. The second kappa shape index (κ2) is 5.91. The summed E-state index contributed by atoms with van der Waals surface area (Å²) in [5, 5.41) is 4.17. The Morgan fingerprint density at radius 2 is 2.28 bits per heavy atom. The third kappa shape index (κ3) is 3.61. The molecule has 1 aliphatic rings. The van der Waals surface area contributed by atoms with Gasteiger partial charge < -0.3 is 10.1 Å². The van der Waals surface area contributed by atoms with Gasteiger partial charge in [0.15, 0.2) is 0 Å². The summed E-state index contributed by atoms with van der Waals surface area (Å²) >= 11 is 5.95. The highest BCUT2D eigenvalue weighted by Gasteiger charge is 2.29. The SMILES string of the molecule is CC1(C)COCCN1CCNc1cccc(Cl)c1. The normalized spacial score (nSPS) is 19.7. The van der Waals surface area contributed by atoms with E-state index in [4.69, 9.17) is 16.3 Å². The van der Waals surface area contributed by atoms with E-state index in [-0.39, 0.29) is 5.54 Å². The summed E-state index contributed by atoms with van der Waals surface area (Å²) in [5.41, 5.74) is 1.21. The zero-order chi connectivity index (χ0) is 13.0. The molecule has 1 aliphatic heterocycles. The summed E-state index contributed by atoms with van der Waals surface area (Å²) in [5.74, 6) is 0. The van der Waals surface area contributed by atoms with Gasteiger partial charge in [-0.15, -0.1) is 0 Å². The van der Waals surface area contributed by atoms with Crippen molar-refractivity contribution in [3.63, 3.8) is 0 Å². The zero-order valence-corrected chi connectivity index (χ0v) is 11.8. The lowest BCUT2D eigenvalue weighted by atomic mass is 10.0. The molecule has 0 atom stereocenters. The molecular weight excluding hydrogens is 248 g/mol. The lowest BCUT2D eigenvalue weighted by molar-refractivity contribution is -0.0487. The number of nitrogens with zero attached hydrogens (tertiary/aromatic N) is 1. The molecule has 0 aliphatic carbocycles. The fourth-order valence-corrected chi connectivity index (χ4v) is 2.43. The summed E-state index contributed by atoms with van der Waals surface area (Å²) in [4.78, 5) is 2.47. The van der Waals surface area contributed by atoms with E-state index in [1.54, 1.807) is 0 Å². The summed E-state index contributed by atoms with van der Waals surface area (Å²) in [6.45, 7) is 9.04. The predicted octanol–water partition coefficient (Wildman–Crippen LogP) is 2.86. The first-order chi connectivity index (χ1) is 8.58. The van der Waals surface area contributed by atoms with Gasteiger partial charge in [-0.3, -0.25) is 4.90 Å². The molecular formula is C14H21ClN2O. The van der Waals surface area contributed by atoms with Crippen molar-refractivity contribution in [2.45, 2.75) is 19.4 Å². The molecule has 1 N–H and O–H groups in total. The first kappa shape index (κ1) is 13.7. The van der Waals surface area contributed by atoms with E-state index in [0.29, 0.717) is 0 Å². The van der Waals surface area contributed by atoms with E-state index < -0.39 is 0 Å². The minimum absolute atomic E-state index is 0.133. The largest absolute Gasteiger partial charge is 0.384 e. The van der Waals surface area contributed by atoms with E-state index in [1.165, 1.54) is 0 Å². The fraction of sp³-hybridized carbons (Fsp3) is 0.571. The van der Waals surface area contributed by atoms with Gasteiger partial charge in [-0.25, -0.2) is 0 Å². The first-order valence-electron chi connectivity index (χ1n) is 6.40. The van der Waals surface area contributed by atoms with Crippen LogP contribution in [0.4, 0.5) is 5.69 Å². The quantitative estimate of drug-likeness (QED) is 0.909. The molecule has 100 valence electrons. The summed E-state index contributed by atoms with van der Waals surface area (Å²) < 4.78 is 5.52. The second-order valence-corrected chi connectivity index (χ2v) is 5.73. The predicted molar refractivity (Wildman–Crippen MR) is 76.4 cm³/mol. The molecule has 0 aromatic heterocycles. The third-order valence-electron chi connectivity index (χ3n) is 3.35. The van der Waals surface area contributed by atoms with Crippen LogP contribution < -0.4 is 5.32 Å². The van der Waals surface area contributed by atoms with Crippen LogP contribution in [0.1, 0.15) is 13.8 Å². The number of halogens is 1. The molecule has 1 aromatic carbocycles. The summed E-state index contributed by atoms with van der Waals surface area (Å²) in [7, 11) is 0. The number of hydrogen-bond acceptors (Lipinski definition) is 3. The van der Waals surface area contributed by atoms with Crippen LogP contribution in [0.3, 0.4) is 0 Å². The minimum Gasteiger partial charge on any atom is -0.384 e. The lowest BCUT2D eigenvalue weighted by Crippen LogP contribution is -2.54. The van der Waals surface area contributed by atoms with Gasteiger partial charge in [-0.2, -0.15) is 0 Å². The molecule has 18 heavy (non-hydrogen) atoms. The number of nitrogens with one attached hydrogen (secondary N) is 1. The maximum atomic E-state index is 5.95. The third-order valence-corrected chi connectivity index (χ3v) is 3.59. The van der Waals surface area contributed by atoms with Crippen LogP contribution in [0.25, 0.3) is 0 Å². The first-order valence-corrected chi connectivity index (χ1v) is 6.78. The molecule has 1 saturated heterocycles. The van der Waals surface area contributed by atoms with Crippen LogP contribution in [0, 0.1) is 0 Å². The Bertz CT molecular complexity index is 395. The van der Waals surface area contributed by atoms with Gasteiger partial charge in [-0.1, -0.05) is 17.7 Å². The van der Waals surface area contributed by atoms with Crippen LogP contribution in [0.2, 0.25) is 5.02 Å². The van der Waals surface area contributed by atoms with Crippen molar-refractivity contribution in [1.82, 2.24) is 4.90 Å². The van der Waals surface area contributed by atoms with E-state index in [0.717, 1.165) is 43.6 Å². The molecule has 1 heterocycles. The number of hydrogen-bond donors (Lipinski definition) is 1. The topological polar surface area (TPSA) is 24.5 Å². The standard InChI is InChI=1S/C14H21ClN2O/c1-14(2)11-18-9-8-17(14)7-6-16-13-5-3-4-12(15)10-13/h3-5,10,16H,6-9,11H2,1-2H3. The van der Waals surface area contributed by atoms with Crippen molar-refractivity contribution >= 4 is 17.3 Å². The van der Waals surface area contributed by atoms with E-state index in [9.17, 15) is 0 Å². The molecule has 0 unspecified atom stereocenters. The van der Waals surface area contributed by atoms with Gasteiger partial charge in [0.25, 0.3) is 0 Å². The van der Waals surface area contributed by atoms with Gasteiger partial charge in [-0.05, 0) is 32.0 Å². The fourth-order valence-electron chi connectivity index (χ4n) is 2.24. The molecule has 4 heteroatoms. The maximum Gasteiger partial charge on any atom is 0.0645 e. The Hall–Kier alpha value is -0.770. The molecule has 0 spiro atoms. The smallest absolute Gasteiger partial charge is 0.0645 e. The zero-order valence-electron chi connectivity index (χ0n) is 11.1. The van der Waals surface area contributed by atoms with Crippen molar-refractivity contribution in [2.24, 2.45) is 0 Å². The van der Waals surface area contributed by atoms with Crippen LogP contribution in [0.5, 0.6) is 0 Å². The van der Waals surface area contributed by atoms with Crippen LogP contribution in [-0.4, -0.2) is 43.3 Å². The lowest BCUT2D eigenvalue weighted by Gasteiger charge is -2.42. The number of rotatable bonds is 4. The average molecular weight is 269 g/mol. The molecule has 0 radical (unpaired) electrons. The number of morpholine rings is 1. The van der Waals surface area contributed by atoms with Crippen molar-refractivity contribution in [3.05, 3.63) is 29.3 Å². The monoisotopic (exact) mass is 268 g/mol. The highest BCUT2D eigenvalue weighted by Crippen LogP contribution is 2.19. The molecule has 0 amide bonds. The highest BCUT2D eigenvalue weighted by molar-refractivity contribution is 6.30. The van der Waals surface area contributed by atoms with Gasteiger partial charge in [0.05, 0.1) is 13.2 Å². The van der Waals surface area contributed by atoms with E-state index >= 15 is 0 Å². The van der Waals surface area contributed by atoms with E-state index in [1.807, 2.05) is 24.3 Å². The van der Waals surface area contributed by atoms with Crippen LogP contribution in [0.15, 0.2) is 24.3 Å². The van der Waals surface area contributed by atoms with Crippen molar-refractivity contribution in [1.29, 1.82) is 0 Å². The average Bonchev–Trinajstić information content (AvgIpc) is 2.31. The Balaban J connectivity index is 1.81. The number of anilines is 1. The van der Waals surface area contributed by atoms with Gasteiger partial charge >= 0.3 is 0 Å². The Kier molecular flexibility index (Phi) is 4.49. The van der Waals surface area contributed by atoms with E-state index in [2.05, 4.69) is 24.1 Å². The Morgan fingerprint density at radius 3 is 3.00 bits per heavy atom. The van der Waals surface area contributed by atoms with Gasteiger partial charge in [0.2, 0.25) is 0 Å². The summed E-state index contributed by atoms with van der Waals surface area (Å²) in [6.07, 6.45) is 0. The van der Waals surface area contributed by atoms with Gasteiger partial charge in [0, 0.05) is 35.9 Å². The highest BCUT2D eigenvalue weighted by atomic mass is 35.5. The van der Waals surface area contributed by atoms with Crippen molar-refractivity contribution < 1.29 is 4.74 Å². The summed E-state index contributed by atoms with van der Waals surface area (Å²) in [6, 6.07) is 7.84. The maximum absolute atomic E-state index is 5.95. The molecule has 3 nitrogen and oxygen atoms in total. The Labute approximate surface area is 114 Å². The molecule has 2 rings (SSSR count). The second-order valence-electron chi connectivity index (χ2n) is 5.29. The minimum atomic E-state index is 0.133. The molecule has 0 bridgehead atoms. The van der Waals surface area contributed by atoms with Crippen LogP contribution >= 0.6 is 11.6 Å². The number of benzene rings is 1.